The van der Waals surface area contributed by atoms with Gasteiger partial charge in [0.1, 0.15) is 0 Å². The van der Waals surface area contributed by atoms with Crippen molar-refractivity contribution in [3.05, 3.63) is 29.3 Å². The van der Waals surface area contributed by atoms with Crippen molar-refractivity contribution in [2.45, 2.75) is 19.4 Å². The molecule has 1 heterocycles. The summed E-state index contributed by atoms with van der Waals surface area (Å²) in [6, 6.07) is 5.46. The number of halogens is 2. The quantitative estimate of drug-likeness (QED) is 0.736. The molecular weight excluding hydrogens is 214 g/mol. The number of alkyl halides is 2. The van der Waals surface area contributed by atoms with Crippen molar-refractivity contribution in [2.75, 3.05) is 12.3 Å². The van der Waals surface area contributed by atoms with Crippen molar-refractivity contribution in [3.63, 3.8) is 0 Å². The van der Waals surface area contributed by atoms with Gasteiger partial charge >= 0.3 is 6.43 Å². The minimum atomic E-state index is -2.94. The Hall–Kier alpha value is -1.65. The second-order valence-electron chi connectivity index (χ2n) is 3.80. The molecule has 3 nitrogen and oxygen atoms in total. The monoisotopic (exact) mass is 226 g/mol. The summed E-state index contributed by atoms with van der Waals surface area (Å²) in [4.78, 5) is 12.3. The minimum absolute atomic E-state index is 0.186. The second-order valence-corrected chi connectivity index (χ2v) is 3.80. The molecule has 0 aromatic heterocycles. The van der Waals surface area contributed by atoms with Gasteiger partial charge in [-0.1, -0.05) is 12.1 Å². The number of hydrogen-bond acceptors (Lipinski definition) is 2. The Morgan fingerprint density at radius 1 is 1.44 bits per heavy atom. The molecule has 2 N–H and O–H groups in total. The van der Waals surface area contributed by atoms with Gasteiger partial charge in [-0.15, -0.1) is 0 Å². The third-order valence-corrected chi connectivity index (χ3v) is 2.81. The normalized spacial score (nSPS) is 15.1. The fraction of sp³-hybridized carbons (Fsp3) is 0.364. The van der Waals surface area contributed by atoms with E-state index < -0.39 is 12.3 Å². The first-order valence-corrected chi connectivity index (χ1v) is 5.03. The highest BCUT2D eigenvalue weighted by atomic mass is 19.3. The van der Waals surface area contributed by atoms with Crippen LogP contribution in [0.15, 0.2) is 18.2 Å². The highest BCUT2D eigenvalue weighted by molar-refractivity contribution is 5.80. The van der Waals surface area contributed by atoms with Crippen LogP contribution in [0.25, 0.3) is 0 Å². The van der Waals surface area contributed by atoms with Crippen LogP contribution >= 0.6 is 0 Å². The van der Waals surface area contributed by atoms with Gasteiger partial charge in [0.15, 0.2) is 0 Å². The number of carbonyl (C=O) groups is 1. The summed E-state index contributed by atoms with van der Waals surface area (Å²) in [5.41, 5.74) is 8.15. The first-order chi connectivity index (χ1) is 7.59. The average molecular weight is 226 g/mol. The molecule has 0 spiro atoms. The van der Waals surface area contributed by atoms with Crippen molar-refractivity contribution in [3.8, 4) is 0 Å². The summed E-state index contributed by atoms with van der Waals surface area (Å²) in [5.74, 6) is -1.12. The van der Waals surface area contributed by atoms with Gasteiger partial charge in [0.25, 0.3) is 5.91 Å². The summed E-state index contributed by atoms with van der Waals surface area (Å²) in [5, 5.41) is 0. The summed E-state index contributed by atoms with van der Waals surface area (Å²) in [7, 11) is 0. The summed E-state index contributed by atoms with van der Waals surface area (Å²) in [6.45, 7) is 0.519. The van der Waals surface area contributed by atoms with E-state index in [0.29, 0.717) is 18.7 Å². The van der Waals surface area contributed by atoms with Gasteiger partial charge in [-0.2, -0.15) is 8.78 Å². The van der Waals surface area contributed by atoms with Crippen LogP contribution in [0.5, 0.6) is 0 Å². The van der Waals surface area contributed by atoms with Gasteiger partial charge in [0, 0.05) is 18.8 Å². The summed E-state index contributed by atoms with van der Waals surface area (Å²) >= 11 is 0. The van der Waals surface area contributed by atoms with E-state index in [1.54, 1.807) is 6.07 Å². The van der Waals surface area contributed by atoms with Crippen LogP contribution in [0.1, 0.15) is 11.1 Å². The molecule has 1 aliphatic heterocycles. The molecule has 16 heavy (non-hydrogen) atoms. The Balaban J connectivity index is 2.23. The number of amides is 1. The standard InChI is InChI=1S/C11H12F2N2O/c12-10(13)11(16)15-5-4-7-2-1-3-9(14)8(7)6-15/h1-3,10H,4-6,14H2. The van der Waals surface area contributed by atoms with E-state index in [0.717, 1.165) is 16.0 Å². The van der Waals surface area contributed by atoms with E-state index in [9.17, 15) is 13.6 Å². The zero-order valence-electron chi connectivity index (χ0n) is 8.62. The van der Waals surface area contributed by atoms with E-state index >= 15 is 0 Å². The molecule has 2 rings (SSSR count). The second kappa shape index (κ2) is 4.08. The van der Waals surface area contributed by atoms with Crippen LogP contribution in [0, 0.1) is 0 Å². The molecule has 0 bridgehead atoms. The smallest absolute Gasteiger partial charge is 0.315 e. The van der Waals surface area contributed by atoms with Crippen LogP contribution in [0.3, 0.4) is 0 Å². The Morgan fingerprint density at radius 3 is 2.88 bits per heavy atom. The van der Waals surface area contributed by atoms with Gasteiger partial charge < -0.3 is 10.6 Å². The fourth-order valence-electron chi connectivity index (χ4n) is 1.93. The maximum atomic E-state index is 12.3. The molecule has 86 valence electrons. The van der Waals surface area contributed by atoms with Gasteiger partial charge in [-0.3, -0.25) is 4.79 Å². The Labute approximate surface area is 91.8 Å². The van der Waals surface area contributed by atoms with Crippen LogP contribution in [-0.2, 0) is 17.8 Å². The number of rotatable bonds is 1. The maximum Gasteiger partial charge on any atom is 0.315 e. The zero-order valence-corrected chi connectivity index (χ0v) is 8.62. The number of nitrogen functional groups attached to an aromatic ring is 1. The highest BCUT2D eigenvalue weighted by Gasteiger charge is 2.27. The lowest BCUT2D eigenvalue weighted by atomic mass is 9.98. The number of benzene rings is 1. The molecule has 1 amide bonds. The fourth-order valence-corrected chi connectivity index (χ4v) is 1.93. The molecule has 0 saturated carbocycles. The summed E-state index contributed by atoms with van der Waals surface area (Å²) in [6.07, 6.45) is -2.36. The molecule has 5 heteroatoms. The van der Waals surface area contributed by atoms with Crippen molar-refractivity contribution in [2.24, 2.45) is 0 Å². The van der Waals surface area contributed by atoms with Crippen LogP contribution in [0.4, 0.5) is 14.5 Å². The molecule has 0 fully saturated rings. The topological polar surface area (TPSA) is 46.3 Å². The van der Waals surface area contributed by atoms with E-state index in [-0.39, 0.29) is 6.54 Å². The van der Waals surface area contributed by atoms with E-state index in [1.165, 1.54) is 0 Å². The lowest BCUT2D eigenvalue weighted by Crippen LogP contribution is -2.39. The third kappa shape index (κ3) is 1.85. The predicted octanol–water partition coefficient (Wildman–Crippen LogP) is 1.42. The molecule has 1 aromatic carbocycles. The van der Waals surface area contributed by atoms with Gasteiger partial charge in [-0.05, 0) is 23.6 Å². The molecule has 0 atom stereocenters. The number of anilines is 1. The molecule has 1 aliphatic rings. The number of hydrogen-bond donors (Lipinski definition) is 1. The van der Waals surface area contributed by atoms with Crippen molar-refractivity contribution < 1.29 is 13.6 Å². The van der Waals surface area contributed by atoms with Gasteiger partial charge in [0.2, 0.25) is 0 Å². The Bertz CT molecular complexity index is 420. The molecular formula is C11H12F2N2O. The third-order valence-electron chi connectivity index (χ3n) is 2.81. The summed E-state index contributed by atoms with van der Waals surface area (Å²) < 4.78 is 24.5. The predicted molar refractivity (Wildman–Crippen MR) is 56.0 cm³/mol. The van der Waals surface area contributed by atoms with Crippen LogP contribution in [-0.4, -0.2) is 23.8 Å². The minimum Gasteiger partial charge on any atom is -0.398 e. The average Bonchev–Trinajstić information content (AvgIpc) is 2.28. The number of nitrogens with two attached hydrogens (primary N) is 1. The Morgan fingerprint density at radius 2 is 2.19 bits per heavy atom. The molecule has 0 saturated heterocycles. The van der Waals surface area contributed by atoms with E-state index in [2.05, 4.69) is 0 Å². The molecule has 1 aromatic rings. The van der Waals surface area contributed by atoms with Crippen molar-refractivity contribution in [1.82, 2.24) is 4.90 Å². The number of carbonyl (C=O) groups excluding carboxylic acids is 1. The molecule has 0 unspecified atom stereocenters. The first-order valence-electron chi connectivity index (χ1n) is 5.03. The van der Waals surface area contributed by atoms with Crippen LogP contribution < -0.4 is 5.73 Å². The van der Waals surface area contributed by atoms with Gasteiger partial charge in [-0.25, -0.2) is 0 Å². The number of nitrogens with zero attached hydrogens (tertiary/aromatic N) is 1. The largest absolute Gasteiger partial charge is 0.398 e. The van der Waals surface area contributed by atoms with Crippen molar-refractivity contribution >= 4 is 11.6 Å². The lowest BCUT2D eigenvalue weighted by molar-refractivity contribution is -0.143. The Kier molecular flexibility index (Phi) is 2.77. The zero-order chi connectivity index (χ0) is 11.7. The number of fused-ring (bicyclic) bond motifs is 1. The first kappa shape index (κ1) is 10.9. The van der Waals surface area contributed by atoms with Crippen LogP contribution in [0.2, 0.25) is 0 Å². The van der Waals surface area contributed by atoms with E-state index in [1.807, 2.05) is 12.1 Å². The van der Waals surface area contributed by atoms with Gasteiger partial charge in [0.05, 0.1) is 0 Å². The maximum absolute atomic E-state index is 12.3. The van der Waals surface area contributed by atoms with E-state index in [4.69, 9.17) is 5.73 Å². The molecule has 0 aliphatic carbocycles. The SMILES string of the molecule is Nc1cccc2c1CN(C(=O)C(F)F)CC2. The lowest BCUT2D eigenvalue weighted by Gasteiger charge is -2.29. The van der Waals surface area contributed by atoms with Crippen molar-refractivity contribution in [1.29, 1.82) is 0 Å². The molecule has 0 radical (unpaired) electrons. The highest BCUT2D eigenvalue weighted by Crippen LogP contribution is 2.24.